The number of nitrogens with two attached hydrogens (primary N) is 1. The lowest BCUT2D eigenvalue weighted by molar-refractivity contribution is 0.0583. The van der Waals surface area contributed by atoms with E-state index in [1.54, 1.807) is 6.07 Å². The molecule has 1 aliphatic rings. The zero-order valence-electron chi connectivity index (χ0n) is 11.2. The Kier molecular flexibility index (Phi) is 3.96. The Morgan fingerprint density at radius 2 is 2.32 bits per heavy atom. The van der Waals surface area contributed by atoms with Crippen molar-refractivity contribution in [1.29, 1.82) is 0 Å². The van der Waals surface area contributed by atoms with Crippen molar-refractivity contribution in [2.75, 3.05) is 18.5 Å². The maximum Gasteiger partial charge on any atom is 0.255 e. The highest BCUT2D eigenvalue weighted by Gasteiger charge is 2.29. The summed E-state index contributed by atoms with van der Waals surface area (Å²) < 4.78 is 0. The predicted molar refractivity (Wildman–Crippen MR) is 76.0 cm³/mol. The number of amides is 1. The summed E-state index contributed by atoms with van der Waals surface area (Å²) >= 11 is 5.99. The standard InChI is InChI=1S/C13H19ClN4O/c1-13(2)4-3-5-18(8-13)12(19)9-6-10(14)11(17-15)16-7-9/h6-7H,3-5,8,15H2,1-2H3,(H,16,17). The van der Waals surface area contributed by atoms with Crippen molar-refractivity contribution in [2.45, 2.75) is 26.7 Å². The molecule has 0 unspecified atom stereocenters. The first-order valence-electron chi connectivity index (χ1n) is 6.34. The van der Waals surface area contributed by atoms with E-state index in [4.69, 9.17) is 17.4 Å². The van der Waals surface area contributed by atoms with Crippen LogP contribution in [-0.4, -0.2) is 28.9 Å². The fraction of sp³-hybridized carbons (Fsp3) is 0.538. The zero-order valence-corrected chi connectivity index (χ0v) is 12.0. The Labute approximate surface area is 118 Å². The molecule has 104 valence electrons. The van der Waals surface area contributed by atoms with Crippen LogP contribution in [0.25, 0.3) is 0 Å². The van der Waals surface area contributed by atoms with Gasteiger partial charge >= 0.3 is 0 Å². The van der Waals surface area contributed by atoms with Gasteiger partial charge in [-0.2, -0.15) is 0 Å². The van der Waals surface area contributed by atoms with E-state index in [1.165, 1.54) is 6.20 Å². The number of nitrogens with one attached hydrogen (secondary N) is 1. The molecule has 3 N–H and O–H groups in total. The second-order valence-electron chi connectivity index (χ2n) is 5.69. The molecule has 19 heavy (non-hydrogen) atoms. The number of likely N-dealkylation sites (tertiary alicyclic amines) is 1. The second kappa shape index (κ2) is 5.35. The van der Waals surface area contributed by atoms with E-state index in [1.807, 2.05) is 4.90 Å². The molecule has 1 aliphatic heterocycles. The first kappa shape index (κ1) is 14.1. The molecule has 0 saturated carbocycles. The Balaban J connectivity index is 2.17. The molecule has 5 nitrogen and oxygen atoms in total. The van der Waals surface area contributed by atoms with E-state index in [9.17, 15) is 4.79 Å². The van der Waals surface area contributed by atoms with Gasteiger partial charge in [-0.25, -0.2) is 10.8 Å². The van der Waals surface area contributed by atoms with Crippen molar-refractivity contribution in [1.82, 2.24) is 9.88 Å². The first-order valence-corrected chi connectivity index (χ1v) is 6.72. The number of hydrogen-bond donors (Lipinski definition) is 2. The minimum absolute atomic E-state index is 0.0225. The fourth-order valence-corrected chi connectivity index (χ4v) is 2.66. The van der Waals surface area contributed by atoms with Gasteiger partial charge in [-0.3, -0.25) is 4.79 Å². The van der Waals surface area contributed by atoms with Gasteiger partial charge in [0.25, 0.3) is 5.91 Å². The Bertz CT molecular complexity index is 490. The molecule has 2 heterocycles. The van der Waals surface area contributed by atoms with Crippen molar-refractivity contribution in [2.24, 2.45) is 11.3 Å². The summed E-state index contributed by atoms with van der Waals surface area (Å²) in [7, 11) is 0. The molecule has 1 fully saturated rings. The van der Waals surface area contributed by atoms with E-state index >= 15 is 0 Å². The van der Waals surface area contributed by atoms with Crippen LogP contribution in [0.1, 0.15) is 37.0 Å². The monoisotopic (exact) mass is 282 g/mol. The number of aromatic nitrogens is 1. The highest BCUT2D eigenvalue weighted by Crippen LogP contribution is 2.29. The molecule has 0 bridgehead atoms. The van der Waals surface area contributed by atoms with E-state index < -0.39 is 0 Å². The highest BCUT2D eigenvalue weighted by molar-refractivity contribution is 6.33. The molecule has 6 heteroatoms. The van der Waals surface area contributed by atoms with Crippen LogP contribution in [0.2, 0.25) is 5.02 Å². The van der Waals surface area contributed by atoms with E-state index in [-0.39, 0.29) is 11.3 Å². The number of rotatable bonds is 2. The Morgan fingerprint density at radius 3 is 2.89 bits per heavy atom. The van der Waals surface area contributed by atoms with Crippen LogP contribution >= 0.6 is 11.6 Å². The van der Waals surface area contributed by atoms with E-state index in [0.29, 0.717) is 16.4 Å². The number of nitrogen functional groups attached to an aromatic ring is 1. The predicted octanol–water partition coefficient (Wildman–Crippen LogP) is 2.28. The number of hydrazine groups is 1. The molecule has 1 aromatic heterocycles. The van der Waals surface area contributed by atoms with Crippen LogP contribution in [-0.2, 0) is 0 Å². The summed E-state index contributed by atoms with van der Waals surface area (Å²) in [5.41, 5.74) is 3.06. The lowest BCUT2D eigenvalue weighted by atomic mass is 9.84. The zero-order chi connectivity index (χ0) is 14.0. The average molecular weight is 283 g/mol. The topological polar surface area (TPSA) is 71.2 Å². The number of halogens is 1. The van der Waals surface area contributed by atoms with Crippen LogP contribution in [0.5, 0.6) is 0 Å². The summed E-state index contributed by atoms with van der Waals surface area (Å²) in [4.78, 5) is 18.3. The van der Waals surface area contributed by atoms with Crippen LogP contribution in [0.15, 0.2) is 12.3 Å². The molecular formula is C13H19ClN4O. The number of nitrogens with zero attached hydrogens (tertiary/aromatic N) is 2. The lowest BCUT2D eigenvalue weighted by Gasteiger charge is -2.38. The minimum atomic E-state index is -0.0225. The lowest BCUT2D eigenvalue weighted by Crippen LogP contribution is -2.43. The minimum Gasteiger partial charge on any atom is -0.338 e. The number of piperidine rings is 1. The van der Waals surface area contributed by atoms with E-state index in [2.05, 4.69) is 24.3 Å². The molecule has 1 aromatic rings. The van der Waals surface area contributed by atoms with Crippen LogP contribution in [0.4, 0.5) is 5.82 Å². The van der Waals surface area contributed by atoms with E-state index in [0.717, 1.165) is 25.9 Å². The number of carbonyl (C=O) groups excluding carboxylic acids is 1. The number of carbonyl (C=O) groups is 1. The Hall–Kier alpha value is -1.33. The molecule has 0 atom stereocenters. The third-order valence-electron chi connectivity index (χ3n) is 3.41. The molecule has 0 spiro atoms. The van der Waals surface area contributed by atoms with Crippen LogP contribution in [0, 0.1) is 5.41 Å². The maximum atomic E-state index is 12.4. The molecule has 0 aromatic carbocycles. The summed E-state index contributed by atoms with van der Waals surface area (Å²) in [6.45, 7) is 5.91. The van der Waals surface area contributed by atoms with Gasteiger partial charge < -0.3 is 10.3 Å². The molecule has 1 saturated heterocycles. The van der Waals surface area contributed by atoms with Gasteiger partial charge in [-0.15, -0.1) is 0 Å². The van der Waals surface area contributed by atoms with Crippen LogP contribution < -0.4 is 11.3 Å². The summed E-state index contributed by atoms with van der Waals surface area (Å²) in [6.07, 6.45) is 3.68. The molecule has 1 amide bonds. The molecule has 2 rings (SSSR count). The van der Waals surface area contributed by atoms with Gasteiger partial charge in [-0.1, -0.05) is 25.4 Å². The van der Waals surface area contributed by atoms with Crippen molar-refractivity contribution >= 4 is 23.3 Å². The van der Waals surface area contributed by atoms with Crippen molar-refractivity contribution < 1.29 is 4.79 Å². The van der Waals surface area contributed by atoms with Gasteiger partial charge in [-0.05, 0) is 24.3 Å². The Morgan fingerprint density at radius 1 is 1.58 bits per heavy atom. The number of pyridine rings is 1. The number of hydrogen-bond acceptors (Lipinski definition) is 4. The summed E-state index contributed by atoms with van der Waals surface area (Å²) in [5.74, 6) is 5.61. The second-order valence-corrected chi connectivity index (χ2v) is 6.10. The largest absolute Gasteiger partial charge is 0.338 e. The van der Waals surface area contributed by atoms with Gasteiger partial charge in [0.05, 0.1) is 10.6 Å². The normalized spacial score (nSPS) is 18.2. The van der Waals surface area contributed by atoms with Gasteiger partial charge in [0.1, 0.15) is 0 Å². The first-order chi connectivity index (χ1) is 8.93. The maximum absolute atomic E-state index is 12.4. The summed E-state index contributed by atoms with van der Waals surface area (Å²) in [6, 6.07) is 1.60. The highest BCUT2D eigenvalue weighted by atomic mass is 35.5. The van der Waals surface area contributed by atoms with Gasteiger partial charge in [0.2, 0.25) is 0 Å². The molecule has 0 aliphatic carbocycles. The van der Waals surface area contributed by atoms with Gasteiger partial charge in [0.15, 0.2) is 5.82 Å². The third kappa shape index (κ3) is 3.16. The van der Waals surface area contributed by atoms with Gasteiger partial charge in [0, 0.05) is 19.3 Å². The van der Waals surface area contributed by atoms with Crippen molar-refractivity contribution in [3.05, 3.63) is 22.8 Å². The van der Waals surface area contributed by atoms with Crippen molar-refractivity contribution in [3.8, 4) is 0 Å². The average Bonchev–Trinajstić information content (AvgIpc) is 2.36. The van der Waals surface area contributed by atoms with Crippen molar-refractivity contribution in [3.63, 3.8) is 0 Å². The summed E-state index contributed by atoms with van der Waals surface area (Å²) in [5, 5.41) is 0.351. The van der Waals surface area contributed by atoms with Crippen LogP contribution in [0.3, 0.4) is 0 Å². The number of anilines is 1. The smallest absolute Gasteiger partial charge is 0.255 e. The SMILES string of the molecule is CC1(C)CCCN(C(=O)c2cnc(NN)c(Cl)c2)C1. The molecule has 0 radical (unpaired) electrons. The quantitative estimate of drug-likeness (QED) is 0.645. The third-order valence-corrected chi connectivity index (χ3v) is 3.70. The molecular weight excluding hydrogens is 264 g/mol. The fourth-order valence-electron chi connectivity index (χ4n) is 2.44.